The van der Waals surface area contributed by atoms with Crippen LogP contribution in [-0.2, 0) is 16.3 Å². The van der Waals surface area contributed by atoms with Crippen LogP contribution in [0.1, 0.15) is 12.0 Å². The molecule has 7 nitrogen and oxygen atoms in total. The fourth-order valence-electron chi connectivity index (χ4n) is 2.86. The van der Waals surface area contributed by atoms with E-state index in [4.69, 9.17) is 9.47 Å². The van der Waals surface area contributed by atoms with Crippen molar-refractivity contribution in [2.45, 2.75) is 12.8 Å². The first kappa shape index (κ1) is 21.9. The molecule has 0 saturated carbocycles. The number of hydrogen-bond donors (Lipinski definition) is 2. The molecule has 0 bridgehead atoms. The molecule has 30 heavy (non-hydrogen) atoms. The zero-order valence-electron chi connectivity index (χ0n) is 16.9. The van der Waals surface area contributed by atoms with E-state index in [0.717, 1.165) is 12.1 Å². The van der Waals surface area contributed by atoms with Gasteiger partial charge in [0.05, 0.1) is 25.5 Å². The number of guanidine groups is 1. The number of anilines is 1. The van der Waals surface area contributed by atoms with Crippen molar-refractivity contribution in [2.75, 3.05) is 43.6 Å². The van der Waals surface area contributed by atoms with Gasteiger partial charge >= 0.3 is 0 Å². The molecule has 162 valence electrons. The third-order valence-electron chi connectivity index (χ3n) is 4.39. The standard InChI is InChI=1S/C21H26FN3O4S/c1-30(26,27)14-11-24-21(23-10-9-16-5-2-3-6-18(16)22)25-17-7-8-19-20(15-17)29-13-4-12-28-19/h2-3,5-8,15H,4,9-14H2,1H3,(H2,23,24,25). The van der Waals surface area contributed by atoms with E-state index in [0.29, 0.717) is 49.2 Å². The Balaban J connectivity index is 1.68. The molecule has 0 saturated heterocycles. The first-order valence-electron chi connectivity index (χ1n) is 9.77. The van der Waals surface area contributed by atoms with Crippen LogP contribution < -0.4 is 20.1 Å². The fraction of sp³-hybridized carbons (Fsp3) is 0.381. The van der Waals surface area contributed by atoms with Gasteiger partial charge in [-0.2, -0.15) is 0 Å². The molecule has 0 aromatic heterocycles. The van der Waals surface area contributed by atoms with E-state index in [1.165, 1.54) is 12.3 Å². The fourth-order valence-corrected chi connectivity index (χ4v) is 3.28. The van der Waals surface area contributed by atoms with Gasteiger partial charge in [0.1, 0.15) is 15.7 Å². The Labute approximate surface area is 176 Å². The summed E-state index contributed by atoms with van der Waals surface area (Å²) in [5.41, 5.74) is 1.31. The molecule has 0 radical (unpaired) electrons. The SMILES string of the molecule is CS(=O)(=O)CCN=C(NCCc1ccccc1F)Nc1ccc2c(c1)OCCCO2. The van der Waals surface area contributed by atoms with Gasteiger partial charge in [-0.1, -0.05) is 18.2 Å². The molecular formula is C21H26FN3O4S. The number of halogens is 1. The second kappa shape index (κ2) is 10.3. The van der Waals surface area contributed by atoms with Gasteiger partial charge in [0, 0.05) is 31.0 Å². The molecule has 0 fully saturated rings. The summed E-state index contributed by atoms with van der Waals surface area (Å²) in [6, 6.07) is 12.0. The molecule has 1 heterocycles. The first-order chi connectivity index (χ1) is 14.4. The quantitative estimate of drug-likeness (QED) is 0.513. The van der Waals surface area contributed by atoms with Gasteiger partial charge in [-0.15, -0.1) is 0 Å². The second-order valence-corrected chi connectivity index (χ2v) is 9.23. The van der Waals surface area contributed by atoms with Crippen molar-refractivity contribution in [3.05, 3.63) is 53.8 Å². The average Bonchev–Trinajstić information content (AvgIpc) is 2.93. The molecule has 1 aliphatic heterocycles. The lowest BCUT2D eigenvalue weighted by molar-refractivity contribution is 0.297. The zero-order chi connectivity index (χ0) is 21.4. The second-order valence-electron chi connectivity index (χ2n) is 6.97. The summed E-state index contributed by atoms with van der Waals surface area (Å²) in [5.74, 6) is 1.41. The lowest BCUT2D eigenvalue weighted by Gasteiger charge is -2.15. The number of sulfone groups is 1. The third kappa shape index (κ3) is 6.91. The molecule has 0 atom stereocenters. The minimum absolute atomic E-state index is 0.0612. The molecule has 0 unspecified atom stereocenters. The summed E-state index contributed by atoms with van der Waals surface area (Å²) in [6.07, 6.45) is 2.44. The Bertz CT molecular complexity index is 995. The Morgan fingerprint density at radius 2 is 1.90 bits per heavy atom. The maximum Gasteiger partial charge on any atom is 0.195 e. The summed E-state index contributed by atoms with van der Waals surface area (Å²) in [4.78, 5) is 4.34. The molecule has 0 spiro atoms. The van der Waals surface area contributed by atoms with Crippen LogP contribution in [0.4, 0.5) is 10.1 Å². The zero-order valence-corrected chi connectivity index (χ0v) is 17.7. The monoisotopic (exact) mass is 435 g/mol. The molecular weight excluding hydrogens is 409 g/mol. The van der Waals surface area contributed by atoms with Gasteiger partial charge in [0.2, 0.25) is 0 Å². The van der Waals surface area contributed by atoms with E-state index in [9.17, 15) is 12.8 Å². The van der Waals surface area contributed by atoms with Gasteiger partial charge in [-0.25, -0.2) is 12.8 Å². The minimum atomic E-state index is -3.13. The van der Waals surface area contributed by atoms with Crippen LogP contribution in [0.25, 0.3) is 0 Å². The van der Waals surface area contributed by atoms with E-state index < -0.39 is 9.84 Å². The van der Waals surface area contributed by atoms with Crippen LogP contribution in [-0.4, -0.2) is 52.7 Å². The highest BCUT2D eigenvalue weighted by Crippen LogP contribution is 2.32. The van der Waals surface area contributed by atoms with Crippen molar-refractivity contribution in [3.63, 3.8) is 0 Å². The van der Waals surface area contributed by atoms with Crippen molar-refractivity contribution in [2.24, 2.45) is 4.99 Å². The summed E-state index contributed by atoms with van der Waals surface area (Å²) in [6.45, 7) is 1.72. The lowest BCUT2D eigenvalue weighted by atomic mass is 10.1. The van der Waals surface area contributed by atoms with Crippen LogP contribution in [0.15, 0.2) is 47.5 Å². The number of ether oxygens (including phenoxy) is 2. The molecule has 3 rings (SSSR count). The van der Waals surface area contributed by atoms with Crippen LogP contribution >= 0.6 is 0 Å². The number of nitrogens with one attached hydrogen (secondary N) is 2. The van der Waals surface area contributed by atoms with Crippen molar-refractivity contribution in [1.82, 2.24) is 5.32 Å². The normalized spacial score (nSPS) is 14.1. The summed E-state index contributed by atoms with van der Waals surface area (Å²) in [5, 5.41) is 6.28. The topological polar surface area (TPSA) is 89.0 Å². The number of rotatable bonds is 7. The number of fused-ring (bicyclic) bond motifs is 1. The highest BCUT2D eigenvalue weighted by molar-refractivity contribution is 7.90. The van der Waals surface area contributed by atoms with E-state index in [1.54, 1.807) is 18.2 Å². The van der Waals surface area contributed by atoms with Crippen LogP contribution in [0.5, 0.6) is 11.5 Å². The molecule has 9 heteroatoms. The van der Waals surface area contributed by atoms with E-state index in [1.807, 2.05) is 18.2 Å². The maximum atomic E-state index is 13.8. The van der Waals surface area contributed by atoms with Crippen molar-refractivity contribution in [3.8, 4) is 11.5 Å². The summed E-state index contributed by atoms with van der Waals surface area (Å²) in [7, 11) is -3.13. The van der Waals surface area contributed by atoms with Crippen LogP contribution in [0.2, 0.25) is 0 Å². The smallest absolute Gasteiger partial charge is 0.195 e. The molecule has 0 amide bonds. The summed E-state index contributed by atoms with van der Waals surface area (Å²) >= 11 is 0. The van der Waals surface area contributed by atoms with Gasteiger partial charge in [-0.05, 0) is 30.2 Å². The highest BCUT2D eigenvalue weighted by atomic mass is 32.2. The molecule has 2 aromatic carbocycles. The molecule has 2 N–H and O–H groups in total. The first-order valence-corrected chi connectivity index (χ1v) is 11.8. The Morgan fingerprint density at radius 1 is 1.13 bits per heavy atom. The molecule has 1 aliphatic rings. The van der Waals surface area contributed by atoms with Crippen molar-refractivity contribution >= 4 is 21.5 Å². The van der Waals surface area contributed by atoms with Gasteiger partial charge in [-0.3, -0.25) is 4.99 Å². The minimum Gasteiger partial charge on any atom is -0.490 e. The molecule has 2 aromatic rings. The Hall–Kier alpha value is -2.81. The van der Waals surface area contributed by atoms with Crippen LogP contribution in [0.3, 0.4) is 0 Å². The summed E-state index contributed by atoms with van der Waals surface area (Å²) < 4.78 is 48.0. The van der Waals surface area contributed by atoms with E-state index in [2.05, 4.69) is 15.6 Å². The number of hydrogen-bond acceptors (Lipinski definition) is 5. The predicted octanol–water partition coefficient (Wildman–Crippen LogP) is 2.63. The van der Waals surface area contributed by atoms with Crippen LogP contribution in [0, 0.1) is 5.82 Å². The number of nitrogens with zero attached hydrogens (tertiary/aromatic N) is 1. The van der Waals surface area contributed by atoms with Gasteiger partial charge in [0.15, 0.2) is 17.5 Å². The van der Waals surface area contributed by atoms with E-state index >= 15 is 0 Å². The van der Waals surface area contributed by atoms with Crippen molar-refractivity contribution in [1.29, 1.82) is 0 Å². The highest BCUT2D eigenvalue weighted by Gasteiger charge is 2.12. The Kier molecular flexibility index (Phi) is 7.51. The lowest BCUT2D eigenvalue weighted by Crippen LogP contribution is -2.33. The van der Waals surface area contributed by atoms with Gasteiger partial charge < -0.3 is 20.1 Å². The maximum absolute atomic E-state index is 13.8. The van der Waals surface area contributed by atoms with Crippen molar-refractivity contribution < 1.29 is 22.3 Å². The number of aliphatic imine (C=N–C) groups is 1. The van der Waals surface area contributed by atoms with E-state index in [-0.39, 0.29) is 18.1 Å². The third-order valence-corrected chi connectivity index (χ3v) is 5.31. The van der Waals surface area contributed by atoms with Gasteiger partial charge in [0.25, 0.3) is 0 Å². The average molecular weight is 436 g/mol. The Morgan fingerprint density at radius 3 is 2.67 bits per heavy atom. The number of benzene rings is 2. The predicted molar refractivity (Wildman–Crippen MR) is 116 cm³/mol. The largest absolute Gasteiger partial charge is 0.490 e. The molecule has 0 aliphatic carbocycles.